The van der Waals surface area contributed by atoms with Crippen LogP contribution in [0, 0.1) is 19.8 Å². The normalized spacial score (nSPS) is 19.4. The third-order valence-electron chi connectivity index (χ3n) is 4.85. The van der Waals surface area contributed by atoms with E-state index in [9.17, 15) is 0 Å². The molecule has 5 heteroatoms. The molecule has 1 N–H and O–H groups in total. The number of aryl methyl sites for hydroxylation is 2. The van der Waals surface area contributed by atoms with Crippen molar-refractivity contribution in [3.05, 3.63) is 29.5 Å². The van der Waals surface area contributed by atoms with Crippen LogP contribution in [-0.4, -0.2) is 44.2 Å². The van der Waals surface area contributed by atoms with Gasteiger partial charge in [-0.15, -0.1) is 0 Å². The molecule has 2 aromatic heterocycles. The standard InChI is InChI=1S/C18H27N5/c1-12(2)23-7-5-6-15(11-23)8-16-9-19-10-17(20-16)18-13(3)21-22-14(18)4/h9-10,12,15H,5-8,11H2,1-4H3,(H,21,22)/t15-/m1/s1. The molecular formula is C18H27N5. The zero-order valence-electron chi connectivity index (χ0n) is 14.6. The molecule has 1 fully saturated rings. The lowest BCUT2D eigenvalue weighted by Gasteiger charge is -2.35. The summed E-state index contributed by atoms with van der Waals surface area (Å²) in [5.74, 6) is 0.683. The number of aromatic nitrogens is 4. The SMILES string of the molecule is Cc1n[nH]c(C)c1-c1cncc(C[C@H]2CCCN(C(C)C)C2)n1. The van der Waals surface area contributed by atoms with Crippen molar-refractivity contribution in [2.24, 2.45) is 5.92 Å². The number of hydrogen-bond donors (Lipinski definition) is 1. The van der Waals surface area contributed by atoms with Crippen LogP contribution in [-0.2, 0) is 6.42 Å². The molecule has 1 aliphatic heterocycles. The second-order valence-electron chi connectivity index (χ2n) is 7.01. The second kappa shape index (κ2) is 6.79. The molecule has 23 heavy (non-hydrogen) atoms. The lowest BCUT2D eigenvalue weighted by atomic mass is 9.92. The minimum atomic E-state index is 0.631. The van der Waals surface area contributed by atoms with Gasteiger partial charge in [-0.05, 0) is 59.4 Å². The van der Waals surface area contributed by atoms with Crippen LogP contribution in [0.1, 0.15) is 43.8 Å². The third kappa shape index (κ3) is 3.61. The summed E-state index contributed by atoms with van der Waals surface area (Å²) in [7, 11) is 0. The number of aromatic amines is 1. The zero-order valence-corrected chi connectivity index (χ0v) is 14.6. The van der Waals surface area contributed by atoms with Crippen molar-refractivity contribution in [2.75, 3.05) is 13.1 Å². The van der Waals surface area contributed by atoms with E-state index in [-0.39, 0.29) is 0 Å². The molecule has 3 heterocycles. The number of hydrogen-bond acceptors (Lipinski definition) is 4. The first-order chi connectivity index (χ1) is 11.0. The van der Waals surface area contributed by atoms with Crippen LogP contribution in [0.25, 0.3) is 11.3 Å². The van der Waals surface area contributed by atoms with Gasteiger partial charge in [-0.25, -0.2) is 4.98 Å². The van der Waals surface area contributed by atoms with Gasteiger partial charge < -0.3 is 4.90 Å². The van der Waals surface area contributed by atoms with Gasteiger partial charge in [-0.1, -0.05) is 0 Å². The molecule has 2 aromatic rings. The fourth-order valence-electron chi connectivity index (χ4n) is 3.58. The van der Waals surface area contributed by atoms with Gasteiger partial charge in [0.25, 0.3) is 0 Å². The van der Waals surface area contributed by atoms with Gasteiger partial charge in [0.2, 0.25) is 0 Å². The highest BCUT2D eigenvalue weighted by molar-refractivity contribution is 5.63. The zero-order chi connectivity index (χ0) is 16.4. The Kier molecular flexibility index (Phi) is 4.76. The highest BCUT2D eigenvalue weighted by atomic mass is 15.2. The van der Waals surface area contributed by atoms with E-state index in [4.69, 9.17) is 4.98 Å². The first-order valence-electron chi connectivity index (χ1n) is 8.61. The van der Waals surface area contributed by atoms with Crippen LogP contribution in [0.15, 0.2) is 12.4 Å². The minimum Gasteiger partial charge on any atom is -0.301 e. The molecule has 0 amide bonds. The first-order valence-corrected chi connectivity index (χ1v) is 8.61. The van der Waals surface area contributed by atoms with Gasteiger partial charge in [-0.2, -0.15) is 5.10 Å². The number of nitrogens with one attached hydrogen (secondary N) is 1. The molecule has 0 saturated carbocycles. The molecular weight excluding hydrogens is 286 g/mol. The molecule has 0 aromatic carbocycles. The van der Waals surface area contributed by atoms with Gasteiger partial charge in [0.05, 0.1) is 23.3 Å². The van der Waals surface area contributed by atoms with E-state index < -0.39 is 0 Å². The fourth-order valence-corrected chi connectivity index (χ4v) is 3.58. The Labute approximate surface area is 138 Å². The number of piperidine rings is 1. The highest BCUT2D eigenvalue weighted by Crippen LogP contribution is 2.25. The predicted octanol–water partition coefficient (Wildman–Crippen LogP) is 3.15. The topological polar surface area (TPSA) is 57.7 Å². The smallest absolute Gasteiger partial charge is 0.0925 e. The molecule has 5 nitrogen and oxygen atoms in total. The summed E-state index contributed by atoms with van der Waals surface area (Å²) < 4.78 is 0. The van der Waals surface area contributed by atoms with Crippen molar-refractivity contribution in [1.82, 2.24) is 25.1 Å². The summed E-state index contributed by atoms with van der Waals surface area (Å²) in [6, 6.07) is 0.631. The van der Waals surface area contributed by atoms with Crippen molar-refractivity contribution in [3.8, 4) is 11.3 Å². The maximum atomic E-state index is 4.86. The Hall–Kier alpha value is -1.75. The average molecular weight is 313 g/mol. The summed E-state index contributed by atoms with van der Waals surface area (Å²) in [5.41, 5.74) is 5.16. The number of rotatable bonds is 4. The van der Waals surface area contributed by atoms with Gasteiger partial charge >= 0.3 is 0 Å². The minimum absolute atomic E-state index is 0.631. The quantitative estimate of drug-likeness (QED) is 0.942. The van der Waals surface area contributed by atoms with E-state index in [0.717, 1.165) is 34.8 Å². The van der Waals surface area contributed by atoms with Crippen molar-refractivity contribution >= 4 is 0 Å². The third-order valence-corrected chi connectivity index (χ3v) is 4.85. The summed E-state index contributed by atoms with van der Waals surface area (Å²) in [6.07, 6.45) is 7.35. The lowest BCUT2D eigenvalue weighted by molar-refractivity contribution is 0.139. The Morgan fingerprint density at radius 2 is 2.13 bits per heavy atom. The Balaban J connectivity index is 1.76. The largest absolute Gasteiger partial charge is 0.301 e. The van der Waals surface area contributed by atoms with Gasteiger partial charge in [-0.3, -0.25) is 10.1 Å². The van der Waals surface area contributed by atoms with Gasteiger partial charge in [0, 0.05) is 30.0 Å². The van der Waals surface area contributed by atoms with Crippen LogP contribution >= 0.6 is 0 Å². The van der Waals surface area contributed by atoms with Crippen LogP contribution in [0.2, 0.25) is 0 Å². The van der Waals surface area contributed by atoms with Crippen LogP contribution < -0.4 is 0 Å². The molecule has 0 unspecified atom stereocenters. The van der Waals surface area contributed by atoms with E-state index >= 15 is 0 Å². The van der Waals surface area contributed by atoms with Gasteiger partial charge in [0.1, 0.15) is 0 Å². The van der Waals surface area contributed by atoms with Crippen LogP contribution in [0.5, 0.6) is 0 Å². The van der Waals surface area contributed by atoms with E-state index in [2.05, 4.69) is 33.9 Å². The Morgan fingerprint density at radius 1 is 1.30 bits per heavy atom. The molecule has 0 bridgehead atoms. The van der Waals surface area contributed by atoms with Crippen molar-refractivity contribution in [3.63, 3.8) is 0 Å². The molecule has 0 aliphatic carbocycles. The average Bonchev–Trinajstić information content (AvgIpc) is 2.87. The molecule has 0 spiro atoms. The van der Waals surface area contributed by atoms with Crippen LogP contribution in [0.3, 0.4) is 0 Å². The van der Waals surface area contributed by atoms with Crippen molar-refractivity contribution in [1.29, 1.82) is 0 Å². The fraction of sp³-hybridized carbons (Fsp3) is 0.611. The molecule has 1 saturated heterocycles. The summed E-state index contributed by atoms with van der Waals surface area (Å²) in [4.78, 5) is 11.9. The van der Waals surface area contributed by atoms with Crippen LogP contribution in [0.4, 0.5) is 0 Å². The van der Waals surface area contributed by atoms with Crippen molar-refractivity contribution < 1.29 is 0 Å². The van der Waals surface area contributed by atoms with E-state index in [0.29, 0.717) is 12.0 Å². The monoisotopic (exact) mass is 313 g/mol. The molecule has 1 atom stereocenters. The van der Waals surface area contributed by atoms with E-state index in [1.54, 1.807) is 0 Å². The Bertz CT molecular complexity index is 642. The van der Waals surface area contributed by atoms with Crippen molar-refractivity contribution in [2.45, 2.75) is 53.0 Å². The highest BCUT2D eigenvalue weighted by Gasteiger charge is 2.22. The maximum absolute atomic E-state index is 4.86. The molecule has 3 rings (SSSR count). The molecule has 124 valence electrons. The summed E-state index contributed by atoms with van der Waals surface area (Å²) >= 11 is 0. The molecule has 0 radical (unpaired) electrons. The van der Waals surface area contributed by atoms with Gasteiger partial charge in [0.15, 0.2) is 0 Å². The summed E-state index contributed by atoms with van der Waals surface area (Å²) in [5, 5.41) is 7.30. The number of H-pyrrole nitrogens is 1. The maximum Gasteiger partial charge on any atom is 0.0925 e. The number of likely N-dealkylation sites (tertiary alicyclic amines) is 1. The predicted molar refractivity (Wildman–Crippen MR) is 92.2 cm³/mol. The van der Waals surface area contributed by atoms with E-state index in [1.807, 2.05) is 26.2 Å². The lowest BCUT2D eigenvalue weighted by Crippen LogP contribution is -2.40. The first kappa shape index (κ1) is 16.1. The molecule has 1 aliphatic rings. The number of nitrogens with zero attached hydrogens (tertiary/aromatic N) is 4. The second-order valence-corrected chi connectivity index (χ2v) is 7.01. The van der Waals surface area contributed by atoms with E-state index in [1.165, 1.54) is 25.9 Å². The Morgan fingerprint density at radius 3 is 2.83 bits per heavy atom. The summed E-state index contributed by atoms with van der Waals surface area (Å²) in [6.45, 7) is 11.0.